The average molecular weight is 319 g/mol. The standard InChI is InChI=1S/C18H25NO4/c1-3-23-16-11-15(8-6-13(16)2)18(22)19-10-4-5-14(12-19)7-9-17(20)21/h6,8,11,14H,3-5,7,9-10,12H2,1-2H3,(H,20,21). The zero-order valence-electron chi connectivity index (χ0n) is 13.9. The summed E-state index contributed by atoms with van der Waals surface area (Å²) < 4.78 is 5.56. The van der Waals surface area contributed by atoms with Crippen LogP contribution in [0, 0.1) is 12.8 Å². The van der Waals surface area contributed by atoms with Crippen molar-refractivity contribution in [1.29, 1.82) is 0 Å². The van der Waals surface area contributed by atoms with E-state index in [2.05, 4.69) is 0 Å². The highest BCUT2D eigenvalue weighted by atomic mass is 16.5. The van der Waals surface area contributed by atoms with Crippen LogP contribution in [0.4, 0.5) is 0 Å². The first-order chi connectivity index (χ1) is 11.0. The van der Waals surface area contributed by atoms with Crippen molar-refractivity contribution in [1.82, 2.24) is 4.90 Å². The van der Waals surface area contributed by atoms with Crippen molar-refractivity contribution in [3.63, 3.8) is 0 Å². The van der Waals surface area contributed by atoms with Gasteiger partial charge in [0.2, 0.25) is 0 Å². The first-order valence-corrected chi connectivity index (χ1v) is 8.25. The smallest absolute Gasteiger partial charge is 0.303 e. The maximum atomic E-state index is 12.7. The molecule has 0 aromatic heterocycles. The molecule has 1 amide bonds. The summed E-state index contributed by atoms with van der Waals surface area (Å²) in [5, 5.41) is 8.81. The molecule has 0 bridgehead atoms. The van der Waals surface area contributed by atoms with Crippen LogP contribution in [0.15, 0.2) is 18.2 Å². The highest BCUT2D eigenvalue weighted by molar-refractivity contribution is 5.94. The van der Waals surface area contributed by atoms with Crippen LogP contribution >= 0.6 is 0 Å². The first-order valence-electron chi connectivity index (χ1n) is 8.25. The molecule has 0 aliphatic carbocycles. The molecule has 5 nitrogen and oxygen atoms in total. The fraction of sp³-hybridized carbons (Fsp3) is 0.556. The predicted octanol–water partition coefficient (Wildman–Crippen LogP) is 3.11. The normalized spacial score (nSPS) is 17.8. The molecular formula is C18H25NO4. The summed E-state index contributed by atoms with van der Waals surface area (Å²) >= 11 is 0. The molecule has 1 aliphatic rings. The Kier molecular flexibility index (Phi) is 6.02. The van der Waals surface area contributed by atoms with E-state index in [-0.39, 0.29) is 18.2 Å². The maximum absolute atomic E-state index is 12.7. The Bertz CT molecular complexity index is 570. The number of benzene rings is 1. The van der Waals surface area contributed by atoms with Gasteiger partial charge in [0.25, 0.3) is 5.91 Å². The molecule has 126 valence electrons. The minimum Gasteiger partial charge on any atom is -0.494 e. The van der Waals surface area contributed by atoms with Crippen LogP contribution in [-0.2, 0) is 4.79 Å². The summed E-state index contributed by atoms with van der Waals surface area (Å²) in [5.41, 5.74) is 1.65. The molecule has 5 heteroatoms. The van der Waals surface area contributed by atoms with Gasteiger partial charge in [-0.25, -0.2) is 0 Å². The van der Waals surface area contributed by atoms with Gasteiger partial charge in [0, 0.05) is 25.1 Å². The number of nitrogens with zero attached hydrogens (tertiary/aromatic N) is 1. The van der Waals surface area contributed by atoms with Crippen molar-refractivity contribution in [2.24, 2.45) is 5.92 Å². The molecule has 1 aromatic rings. The van der Waals surface area contributed by atoms with E-state index in [0.29, 0.717) is 25.1 Å². The molecule has 1 saturated heterocycles. The van der Waals surface area contributed by atoms with E-state index in [9.17, 15) is 9.59 Å². The number of ether oxygens (including phenoxy) is 1. The number of carboxylic acid groups (broad SMARTS) is 1. The highest BCUT2D eigenvalue weighted by Crippen LogP contribution is 2.25. The zero-order chi connectivity index (χ0) is 16.8. The fourth-order valence-electron chi connectivity index (χ4n) is 3.04. The zero-order valence-corrected chi connectivity index (χ0v) is 13.9. The van der Waals surface area contributed by atoms with E-state index in [0.717, 1.165) is 30.7 Å². The van der Waals surface area contributed by atoms with Gasteiger partial charge in [-0.1, -0.05) is 6.07 Å². The van der Waals surface area contributed by atoms with E-state index in [1.165, 1.54) is 0 Å². The number of carboxylic acids is 1. The van der Waals surface area contributed by atoms with Crippen molar-refractivity contribution in [2.45, 2.75) is 39.5 Å². The van der Waals surface area contributed by atoms with Gasteiger partial charge in [-0.3, -0.25) is 9.59 Å². The monoisotopic (exact) mass is 319 g/mol. The van der Waals surface area contributed by atoms with Gasteiger partial charge >= 0.3 is 5.97 Å². The lowest BCUT2D eigenvalue weighted by Crippen LogP contribution is -2.40. The number of piperidine rings is 1. The molecule has 1 aliphatic heterocycles. The number of amides is 1. The van der Waals surface area contributed by atoms with Crippen LogP contribution in [0.25, 0.3) is 0 Å². The summed E-state index contributed by atoms with van der Waals surface area (Å²) in [6, 6.07) is 5.55. The largest absolute Gasteiger partial charge is 0.494 e. The van der Waals surface area contributed by atoms with Crippen molar-refractivity contribution < 1.29 is 19.4 Å². The molecular weight excluding hydrogens is 294 g/mol. The summed E-state index contributed by atoms with van der Waals surface area (Å²) in [6.07, 6.45) is 2.73. The molecule has 1 heterocycles. The van der Waals surface area contributed by atoms with Gasteiger partial charge in [0.05, 0.1) is 6.61 Å². The Morgan fingerprint density at radius 1 is 1.39 bits per heavy atom. The molecule has 2 rings (SSSR count). The lowest BCUT2D eigenvalue weighted by Gasteiger charge is -2.32. The number of hydrogen-bond donors (Lipinski definition) is 1. The second kappa shape index (κ2) is 7.99. The lowest BCUT2D eigenvalue weighted by atomic mass is 9.93. The predicted molar refractivity (Wildman–Crippen MR) is 87.8 cm³/mol. The minimum absolute atomic E-state index is 0.00554. The molecule has 0 radical (unpaired) electrons. The number of carbonyl (C=O) groups excluding carboxylic acids is 1. The van der Waals surface area contributed by atoms with Crippen LogP contribution in [0.1, 0.15) is 48.5 Å². The Balaban J connectivity index is 2.04. The van der Waals surface area contributed by atoms with E-state index < -0.39 is 5.97 Å². The number of aliphatic carboxylic acids is 1. The molecule has 1 N–H and O–H groups in total. The third-order valence-electron chi connectivity index (χ3n) is 4.31. The Hall–Kier alpha value is -2.04. The highest BCUT2D eigenvalue weighted by Gasteiger charge is 2.25. The van der Waals surface area contributed by atoms with Crippen LogP contribution in [0.5, 0.6) is 5.75 Å². The third-order valence-corrected chi connectivity index (χ3v) is 4.31. The van der Waals surface area contributed by atoms with E-state index >= 15 is 0 Å². The molecule has 0 saturated carbocycles. The Morgan fingerprint density at radius 2 is 2.17 bits per heavy atom. The van der Waals surface area contributed by atoms with Crippen LogP contribution in [0.3, 0.4) is 0 Å². The van der Waals surface area contributed by atoms with Gasteiger partial charge < -0.3 is 14.7 Å². The summed E-state index contributed by atoms with van der Waals surface area (Å²) in [7, 11) is 0. The number of rotatable bonds is 6. The minimum atomic E-state index is -0.770. The quantitative estimate of drug-likeness (QED) is 0.875. The van der Waals surface area contributed by atoms with Gasteiger partial charge in [0.15, 0.2) is 0 Å². The van der Waals surface area contributed by atoms with Gasteiger partial charge in [0.1, 0.15) is 5.75 Å². The average Bonchev–Trinajstić information content (AvgIpc) is 2.55. The maximum Gasteiger partial charge on any atom is 0.303 e. The number of hydrogen-bond acceptors (Lipinski definition) is 3. The SMILES string of the molecule is CCOc1cc(C(=O)N2CCCC(CCC(=O)O)C2)ccc1C. The van der Waals surface area contributed by atoms with Gasteiger partial charge in [-0.2, -0.15) is 0 Å². The van der Waals surface area contributed by atoms with Crippen molar-refractivity contribution >= 4 is 11.9 Å². The summed E-state index contributed by atoms with van der Waals surface area (Å²) in [4.78, 5) is 25.3. The van der Waals surface area contributed by atoms with Gasteiger partial charge in [-0.15, -0.1) is 0 Å². The molecule has 1 fully saturated rings. The third kappa shape index (κ3) is 4.71. The summed E-state index contributed by atoms with van der Waals surface area (Å²) in [6.45, 7) is 5.83. The van der Waals surface area contributed by atoms with Crippen LogP contribution in [-0.4, -0.2) is 41.6 Å². The second-order valence-corrected chi connectivity index (χ2v) is 6.11. The molecule has 1 unspecified atom stereocenters. The Morgan fingerprint density at radius 3 is 2.87 bits per heavy atom. The number of likely N-dealkylation sites (tertiary alicyclic amines) is 1. The van der Waals surface area contributed by atoms with E-state index in [1.807, 2.05) is 36.9 Å². The van der Waals surface area contributed by atoms with E-state index in [4.69, 9.17) is 9.84 Å². The molecule has 0 spiro atoms. The Labute approximate surface area is 137 Å². The molecule has 1 atom stereocenters. The second-order valence-electron chi connectivity index (χ2n) is 6.11. The van der Waals surface area contributed by atoms with Gasteiger partial charge in [-0.05, 0) is 56.7 Å². The van der Waals surface area contributed by atoms with Crippen LogP contribution < -0.4 is 4.74 Å². The van der Waals surface area contributed by atoms with Crippen molar-refractivity contribution in [3.8, 4) is 5.75 Å². The van der Waals surface area contributed by atoms with Crippen molar-refractivity contribution in [3.05, 3.63) is 29.3 Å². The number of aryl methyl sites for hydroxylation is 1. The van der Waals surface area contributed by atoms with Crippen molar-refractivity contribution in [2.75, 3.05) is 19.7 Å². The fourth-order valence-corrected chi connectivity index (χ4v) is 3.04. The van der Waals surface area contributed by atoms with Crippen LogP contribution in [0.2, 0.25) is 0 Å². The number of carbonyl (C=O) groups is 2. The molecule has 1 aromatic carbocycles. The topological polar surface area (TPSA) is 66.8 Å². The van der Waals surface area contributed by atoms with E-state index in [1.54, 1.807) is 0 Å². The first kappa shape index (κ1) is 17.3. The summed E-state index contributed by atoms with van der Waals surface area (Å²) in [5.74, 6) is 0.262. The molecule has 23 heavy (non-hydrogen) atoms. The lowest BCUT2D eigenvalue weighted by molar-refractivity contribution is -0.137.